The second-order valence-corrected chi connectivity index (χ2v) is 5.69. The van der Waals surface area contributed by atoms with Crippen molar-refractivity contribution >= 4 is 11.8 Å². The lowest BCUT2D eigenvalue weighted by molar-refractivity contribution is 0.626. The van der Waals surface area contributed by atoms with Crippen LogP contribution >= 0.6 is 11.8 Å². The first-order chi connectivity index (χ1) is 9.78. The Hall–Kier alpha value is -1.40. The SMILES string of the molecule is NCCCCc1cn(CCSc2ccc(F)cc2)nn1. The molecule has 0 saturated heterocycles. The van der Waals surface area contributed by atoms with Crippen LogP contribution in [0.15, 0.2) is 35.4 Å². The first-order valence-corrected chi connectivity index (χ1v) is 7.74. The van der Waals surface area contributed by atoms with Gasteiger partial charge in [0.05, 0.1) is 12.2 Å². The predicted molar refractivity (Wildman–Crippen MR) is 79.1 cm³/mol. The molecule has 0 spiro atoms. The highest BCUT2D eigenvalue weighted by Gasteiger charge is 2.01. The topological polar surface area (TPSA) is 56.7 Å². The molecule has 4 nitrogen and oxygen atoms in total. The van der Waals surface area contributed by atoms with E-state index in [1.807, 2.05) is 10.9 Å². The van der Waals surface area contributed by atoms with Gasteiger partial charge in [0.1, 0.15) is 5.82 Å². The molecule has 20 heavy (non-hydrogen) atoms. The number of thioether (sulfide) groups is 1. The normalized spacial score (nSPS) is 10.9. The van der Waals surface area contributed by atoms with E-state index in [0.29, 0.717) is 0 Å². The molecule has 0 amide bonds. The standard InChI is InChI=1S/C14H19FN4S/c15-12-4-6-14(7-5-12)20-10-9-19-11-13(17-18-19)3-1-2-8-16/h4-7,11H,1-3,8-10,16H2. The van der Waals surface area contributed by atoms with Gasteiger partial charge in [-0.3, -0.25) is 4.68 Å². The van der Waals surface area contributed by atoms with E-state index in [9.17, 15) is 4.39 Å². The second-order valence-electron chi connectivity index (χ2n) is 4.52. The average molecular weight is 294 g/mol. The van der Waals surface area contributed by atoms with Gasteiger partial charge in [-0.25, -0.2) is 4.39 Å². The van der Waals surface area contributed by atoms with Crippen molar-refractivity contribution in [2.45, 2.75) is 30.7 Å². The number of nitrogens with zero attached hydrogens (tertiary/aromatic N) is 3. The van der Waals surface area contributed by atoms with Crippen LogP contribution in [-0.2, 0) is 13.0 Å². The zero-order valence-corrected chi connectivity index (χ0v) is 12.2. The van der Waals surface area contributed by atoms with E-state index in [2.05, 4.69) is 10.3 Å². The summed E-state index contributed by atoms with van der Waals surface area (Å²) in [5.41, 5.74) is 6.48. The molecular formula is C14H19FN4S. The lowest BCUT2D eigenvalue weighted by atomic mass is 10.2. The first-order valence-electron chi connectivity index (χ1n) is 6.75. The Labute approximate surface area is 122 Å². The number of unbranched alkanes of at least 4 members (excludes halogenated alkanes) is 1. The van der Waals surface area contributed by atoms with Gasteiger partial charge in [0, 0.05) is 16.8 Å². The Morgan fingerprint density at radius 1 is 1.20 bits per heavy atom. The van der Waals surface area contributed by atoms with E-state index in [1.165, 1.54) is 12.1 Å². The maximum Gasteiger partial charge on any atom is 0.123 e. The van der Waals surface area contributed by atoms with Crippen LogP contribution in [0.2, 0.25) is 0 Å². The number of hydrogen-bond acceptors (Lipinski definition) is 4. The molecule has 0 radical (unpaired) electrons. The van der Waals surface area contributed by atoms with Gasteiger partial charge in [0.15, 0.2) is 0 Å². The summed E-state index contributed by atoms with van der Waals surface area (Å²) in [6, 6.07) is 6.54. The fourth-order valence-electron chi connectivity index (χ4n) is 1.80. The third kappa shape index (κ3) is 4.94. The van der Waals surface area contributed by atoms with Gasteiger partial charge in [-0.1, -0.05) is 5.21 Å². The summed E-state index contributed by atoms with van der Waals surface area (Å²) >= 11 is 1.68. The first kappa shape index (κ1) is 15.0. The minimum absolute atomic E-state index is 0.201. The van der Waals surface area contributed by atoms with Gasteiger partial charge in [0.25, 0.3) is 0 Å². The number of benzene rings is 1. The van der Waals surface area contributed by atoms with Crippen molar-refractivity contribution < 1.29 is 4.39 Å². The molecule has 2 N–H and O–H groups in total. The van der Waals surface area contributed by atoms with Gasteiger partial charge < -0.3 is 5.73 Å². The van der Waals surface area contributed by atoms with Gasteiger partial charge >= 0.3 is 0 Å². The molecular weight excluding hydrogens is 275 g/mol. The Kier molecular flexibility index (Phi) is 6.01. The molecule has 0 aliphatic rings. The second kappa shape index (κ2) is 8.01. The van der Waals surface area contributed by atoms with E-state index in [0.717, 1.165) is 48.7 Å². The highest BCUT2D eigenvalue weighted by molar-refractivity contribution is 7.99. The molecule has 6 heteroatoms. The summed E-state index contributed by atoms with van der Waals surface area (Å²) in [6.07, 6.45) is 5.00. The van der Waals surface area contributed by atoms with Crippen molar-refractivity contribution in [3.05, 3.63) is 42.0 Å². The van der Waals surface area contributed by atoms with Crippen LogP contribution in [0, 0.1) is 5.82 Å². The van der Waals surface area contributed by atoms with Crippen LogP contribution in [0.1, 0.15) is 18.5 Å². The van der Waals surface area contributed by atoms with E-state index in [-0.39, 0.29) is 5.82 Å². The molecule has 0 bridgehead atoms. The molecule has 1 heterocycles. The molecule has 0 unspecified atom stereocenters. The summed E-state index contributed by atoms with van der Waals surface area (Å²) in [4.78, 5) is 1.06. The van der Waals surface area contributed by atoms with Gasteiger partial charge in [0.2, 0.25) is 0 Å². The lowest BCUT2D eigenvalue weighted by Gasteiger charge is -2.01. The van der Waals surface area contributed by atoms with Crippen molar-refractivity contribution in [3.8, 4) is 0 Å². The van der Waals surface area contributed by atoms with Crippen LogP contribution in [-0.4, -0.2) is 27.3 Å². The zero-order valence-electron chi connectivity index (χ0n) is 11.3. The third-order valence-electron chi connectivity index (χ3n) is 2.88. The largest absolute Gasteiger partial charge is 0.330 e. The van der Waals surface area contributed by atoms with Gasteiger partial charge in [-0.05, 0) is 50.1 Å². The maximum atomic E-state index is 12.8. The average Bonchev–Trinajstić information content (AvgIpc) is 2.89. The monoisotopic (exact) mass is 294 g/mol. The Morgan fingerprint density at radius 3 is 2.75 bits per heavy atom. The van der Waals surface area contributed by atoms with Crippen LogP contribution in [0.5, 0.6) is 0 Å². The molecule has 108 valence electrons. The summed E-state index contributed by atoms with van der Waals surface area (Å²) in [5.74, 6) is 0.685. The highest BCUT2D eigenvalue weighted by Crippen LogP contribution is 2.18. The van der Waals surface area contributed by atoms with E-state index < -0.39 is 0 Å². The van der Waals surface area contributed by atoms with Crippen molar-refractivity contribution in [2.24, 2.45) is 5.73 Å². The number of rotatable bonds is 8. The van der Waals surface area contributed by atoms with Crippen LogP contribution in [0.4, 0.5) is 4.39 Å². The van der Waals surface area contributed by atoms with Crippen LogP contribution in [0.25, 0.3) is 0 Å². The van der Waals surface area contributed by atoms with Crippen molar-refractivity contribution in [3.63, 3.8) is 0 Å². The molecule has 0 saturated carbocycles. The fraction of sp³-hybridized carbons (Fsp3) is 0.429. The summed E-state index contributed by atoms with van der Waals surface area (Å²) in [6.45, 7) is 1.52. The maximum absolute atomic E-state index is 12.8. The molecule has 0 atom stereocenters. The molecule has 1 aromatic heterocycles. The Balaban J connectivity index is 1.72. The van der Waals surface area contributed by atoms with E-state index in [4.69, 9.17) is 5.73 Å². The van der Waals surface area contributed by atoms with Crippen LogP contribution in [0.3, 0.4) is 0 Å². The minimum atomic E-state index is -0.201. The van der Waals surface area contributed by atoms with Crippen molar-refractivity contribution in [2.75, 3.05) is 12.3 Å². The molecule has 2 aromatic rings. The molecule has 0 fully saturated rings. The van der Waals surface area contributed by atoms with Crippen molar-refractivity contribution in [1.82, 2.24) is 15.0 Å². The number of hydrogen-bond donors (Lipinski definition) is 1. The highest BCUT2D eigenvalue weighted by atomic mass is 32.2. The molecule has 0 aliphatic carbocycles. The Morgan fingerprint density at radius 2 is 2.00 bits per heavy atom. The summed E-state index contributed by atoms with van der Waals surface area (Å²) in [5, 5.41) is 8.24. The number of nitrogens with two attached hydrogens (primary N) is 1. The number of aromatic nitrogens is 3. The quantitative estimate of drug-likeness (QED) is 0.600. The zero-order chi connectivity index (χ0) is 14.2. The van der Waals surface area contributed by atoms with E-state index >= 15 is 0 Å². The van der Waals surface area contributed by atoms with Gasteiger partial charge in [-0.15, -0.1) is 16.9 Å². The summed E-state index contributed by atoms with van der Waals surface area (Å²) in [7, 11) is 0. The molecule has 1 aromatic carbocycles. The lowest BCUT2D eigenvalue weighted by Crippen LogP contribution is -2.01. The Bertz CT molecular complexity index is 512. The number of halogens is 1. The molecule has 0 aliphatic heterocycles. The van der Waals surface area contributed by atoms with Gasteiger partial charge in [-0.2, -0.15) is 0 Å². The smallest absolute Gasteiger partial charge is 0.123 e. The third-order valence-corrected chi connectivity index (χ3v) is 3.87. The predicted octanol–water partition coefficient (Wildman–Crippen LogP) is 2.49. The number of aryl methyl sites for hydroxylation is 2. The molecule has 2 rings (SSSR count). The van der Waals surface area contributed by atoms with Crippen LogP contribution < -0.4 is 5.73 Å². The summed E-state index contributed by atoms with van der Waals surface area (Å²) < 4.78 is 14.6. The fourth-order valence-corrected chi connectivity index (χ4v) is 2.64. The van der Waals surface area contributed by atoms with E-state index in [1.54, 1.807) is 23.9 Å². The minimum Gasteiger partial charge on any atom is -0.330 e. The van der Waals surface area contributed by atoms with Crippen molar-refractivity contribution in [1.29, 1.82) is 0 Å².